The average Bonchev–Trinajstić information content (AvgIpc) is 2.68. The molecule has 0 aliphatic rings. The number of rotatable bonds is 8. The molecule has 0 spiro atoms. The minimum Gasteiger partial charge on any atom is -0.493 e. The largest absolute Gasteiger partial charge is 0.493 e. The maximum absolute atomic E-state index is 12.2. The lowest BCUT2D eigenvalue weighted by Gasteiger charge is -2.14. The van der Waals surface area contributed by atoms with E-state index in [0.29, 0.717) is 36.4 Å². The summed E-state index contributed by atoms with van der Waals surface area (Å²) in [7, 11) is 2.26. The van der Waals surface area contributed by atoms with Gasteiger partial charge in [-0.1, -0.05) is 18.2 Å². The number of ether oxygens (including phenoxy) is 2. The predicted molar refractivity (Wildman–Crippen MR) is 107 cm³/mol. The number of methoxy groups -OCH3 is 1. The van der Waals surface area contributed by atoms with E-state index in [1.54, 1.807) is 14.2 Å². The molecule has 140 valence electrons. The van der Waals surface area contributed by atoms with Crippen LogP contribution in [0.5, 0.6) is 11.5 Å². The Balaban J connectivity index is 1.91. The van der Waals surface area contributed by atoms with Gasteiger partial charge in [-0.15, -0.1) is 0 Å². The third kappa shape index (κ3) is 5.77. The van der Waals surface area contributed by atoms with Crippen LogP contribution in [0.25, 0.3) is 0 Å². The molecular formula is C19H25N3O3S. The smallest absolute Gasteiger partial charge is 0.195 e. The first-order valence-electron chi connectivity index (χ1n) is 8.39. The zero-order valence-corrected chi connectivity index (χ0v) is 16.1. The van der Waals surface area contributed by atoms with Gasteiger partial charge in [0.1, 0.15) is 0 Å². The molecule has 2 aromatic carbocycles. The molecule has 0 heterocycles. The van der Waals surface area contributed by atoms with Crippen molar-refractivity contribution in [1.29, 1.82) is 0 Å². The number of guanidine groups is 1. The first kappa shape index (κ1) is 19.8. The third-order valence-electron chi connectivity index (χ3n) is 3.54. The van der Waals surface area contributed by atoms with Crippen LogP contribution in [0.3, 0.4) is 0 Å². The maximum Gasteiger partial charge on any atom is 0.195 e. The highest BCUT2D eigenvalue weighted by molar-refractivity contribution is 7.85. The third-order valence-corrected chi connectivity index (χ3v) is 4.91. The monoisotopic (exact) mass is 375 g/mol. The molecule has 6 nitrogen and oxygen atoms in total. The number of nitrogens with one attached hydrogen (secondary N) is 2. The fourth-order valence-corrected chi connectivity index (χ4v) is 3.27. The number of hydrogen-bond donors (Lipinski definition) is 2. The molecule has 1 atom stereocenters. The molecule has 0 bridgehead atoms. The van der Waals surface area contributed by atoms with Gasteiger partial charge < -0.3 is 20.1 Å². The summed E-state index contributed by atoms with van der Waals surface area (Å²) in [5.41, 5.74) is 0.825. The molecule has 2 rings (SSSR count). The van der Waals surface area contributed by atoms with Crippen LogP contribution >= 0.6 is 0 Å². The zero-order chi connectivity index (χ0) is 18.8. The minimum absolute atomic E-state index is 0.498. The normalized spacial score (nSPS) is 12.3. The van der Waals surface area contributed by atoms with Crippen LogP contribution in [0.2, 0.25) is 0 Å². The Morgan fingerprint density at radius 1 is 1.15 bits per heavy atom. The molecule has 0 radical (unpaired) electrons. The summed E-state index contributed by atoms with van der Waals surface area (Å²) in [5, 5.41) is 6.37. The quantitative estimate of drug-likeness (QED) is 0.548. The lowest BCUT2D eigenvalue weighted by atomic mass is 10.2. The van der Waals surface area contributed by atoms with E-state index in [2.05, 4.69) is 15.6 Å². The second-order valence-corrected chi connectivity index (χ2v) is 6.86. The fraction of sp³-hybridized carbons (Fsp3) is 0.316. The molecule has 26 heavy (non-hydrogen) atoms. The highest BCUT2D eigenvalue weighted by Crippen LogP contribution is 2.30. The number of benzene rings is 2. The highest BCUT2D eigenvalue weighted by Gasteiger charge is 2.08. The van der Waals surface area contributed by atoms with Crippen molar-refractivity contribution in [2.45, 2.75) is 11.8 Å². The molecule has 0 aliphatic carbocycles. The molecular weight excluding hydrogens is 350 g/mol. The molecule has 7 heteroatoms. The van der Waals surface area contributed by atoms with Crippen molar-refractivity contribution in [2.75, 3.05) is 38.4 Å². The second kappa shape index (κ2) is 10.5. The van der Waals surface area contributed by atoms with Crippen molar-refractivity contribution >= 4 is 22.4 Å². The van der Waals surface area contributed by atoms with E-state index < -0.39 is 10.8 Å². The minimum atomic E-state index is -1.04. The van der Waals surface area contributed by atoms with Gasteiger partial charge in [0.05, 0.1) is 24.5 Å². The Labute approximate surface area is 157 Å². The Kier molecular flexibility index (Phi) is 7.95. The Morgan fingerprint density at radius 3 is 2.58 bits per heavy atom. The van der Waals surface area contributed by atoms with E-state index in [0.717, 1.165) is 10.6 Å². The van der Waals surface area contributed by atoms with Crippen molar-refractivity contribution in [3.8, 4) is 11.5 Å². The van der Waals surface area contributed by atoms with Gasteiger partial charge in [-0.25, -0.2) is 0 Å². The topological polar surface area (TPSA) is 72.0 Å². The Bertz CT molecular complexity index is 751. The first-order valence-corrected chi connectivity index (χ1v) is 9.71. The van der Waals surface area contributed by atoms with Crippen LogP contribution in [0.4, 0.5) is 5.69 Å². The summed E-state index contributed by atoms with van der Waals surface area (Å²) in [6.07, 6.45) is 0. The van der Waals surface area contributed by atoms with Crippen LogP contribution < -0.4 is 20.1 Å². The zero-order valence-electron chi connectivity index (χ0n) is 15.3. The van der Waals surface area contributed by atoms with Crippen LogP contribution in [-0.4, -0.2) is 43.2 Å². The molecule has 1 unspecified atom stereocenters. The van der Waals surface area contributed by atoms with Gasteiger partial charge in [-0.3, -0.25) is 9.20 Å². The van der Waals surface area contributed by atoms with Gasteiger partial charge in [0.2, 0.25) is 0 Å². The van der Waals surface area contributed by atoms with E-state index >= 15 is 0 Å². The van der Waals surface area contributed by atoms with Crippen LogP contribution in [-0.2, 0) is 10.8 Å². The number of nitrogens with zero attached hydrogens (tertiary/aromatic N) is 1. The predicted octanol–water partition coefficient (Wildman–Crippen LogP) is 2.89. The summed E-state index contributed by atoms with van der Waals surface area (Å²) >= 11 is 0. The lowest BCUT2D eigenvalue weighted by molar-refractivity contribution is 0.311. The van der Waals surface area contributed by atoms with Crippen molar-refractivity contribution < 1.29 is 13.7 Å². The van der Waals surface area contributed by atoms with Gasteiger partial charge in [-0.2, -0.15) is 0 Å². The van der Waals surface area contributed by atoms with E-state index in [1.165, 1.54) is 0 Å². The Hall–Kier alpha value is -2.54. The number of anilines is 1. The van der Waals surface area contributed by atoms with Gasteiger partial charge >= 0.3 is 0 Å². The average molecular weight is 375 g/mol. The van der Waals surface area contributed by atoms with Gasteiger partial charge in [0.15, 0.2) is 17.5 Å². The van der Waals surface area contributed by atoms with Crippen molar-refractivity contribution in [2.24, 2.45) is 4.99 Å². The van der Waals surface area contributed by atoms with E-state index in [9.17, 15) is 4.21 Å². The molecule has 0 saturated heterocycles. The Morgan fingerprint density at radius 2 is 1.92 bits per heavy atom. The molecule has 0 aromatic heterocycles. The first-order chi connectivity index (χ1) is 12.7. The summed E-state index contributed by atoms with van der Waals surface area (Å²) in [6, 6.07) is 15.0. The number of aliphatic imine (C=N–C) groups is 1. The second-order valence-electron chi connectivity index (χ2n) is 5.29. The van der Waals surface area contributed by atoms with Crippen LogP contribution in [0.15, 0.2) is 58.4 Å². The van der Waals surface area contributed by atoms with E-state index in [4.69, 9.17) is 9.47 Å². The maximum atomic E-state index is 12.2. The molecule has 2 N–H and O–H groups in total. The summed E-state index contributed by atoms with van der Waals surface area (Å²) < 4.78 is 23.1. The SMILES string of the molecule is CCOc1cc(NC(=NC)NCCS(=O)c2ccccc2)ccc1OC. The number of hydrogen-bond acceptors (Lipinski definition) is 4. The van der Waals surface area contributed by atoms with Gasteiger partial charge in [0, 0.05) is 36.0 Å². The van der Waals surface area contributed by atoms with E-state index in [-0.39, 0.29) is 0 Å². The van der Waals surface area contributed by atoms with E-state index in [1.807, 2.05) is 55.5 Å². The van der Waals surface area contributed by atoms with Crippen LogP contribution in [0.1, 0.15) is 6.92 Å². The van der Waals surface area contributed by atoms with Crippen LogP contribution in [0, 0.1) is 0 Å². The molecule has 0 aliphatic heterocycles. The summed E-state index contributed by atoms with van der Waals surface area (Å²) in [4.78, 5) is 5.02. The summed E-state index contributed by atoms with van der Waals surface area (Å²) in [5.74, 6) is 2.44. The van der Waals surface area contributed by atoms with Crippen molar-refractivity contribution in [3.05, 3.63) is 48.5 Å². The van der Waals surface area contributed by atoms with Crippen molar-refractivity contribution in [1.82, 2.24) is 5.32 Å². The molecule has 0 amide bonds. The van der Waals surface area contributed by atoms with Gasteiger partial charge in [0.25, 0.3) is 0 Å². The molecule has 2 aromatic rings. The van der Waals surface area contributed by atoms with Gasteiger partial charge in [-0.05, 0) is 31.2 Å². The summed E-state index contributed by atoms with van der Waals surface area (Å²) in [6.45, 7) is 3.01. The lowest BCUT2D eigenvalue weighted by Crippen LogP contribution is -2.33. The highest BCUT2D eigenvalue weighted by atomic mass is 32.2. The van der Waals surface area contributed by atoms with Crippen molar-refractivity contribution in [3.63, 3.8) is 0 Å². The fourth-order valence-electron chi connectivity index (χ4n) is 2.29. The molecule has 0 fully saturated rings. The molecule has 0 saturated carbocycles. The standard InChI is InChI=1S/C19H25N3O3S/c1-4-25-18-14-15(10-11-17(18)24-3)22-19(20-2)21-12-13-26(23)16-8-6-5-7-9-16/h5-11,14H,4,12-13H2,1-3H3,(H2,20,21,22).